The summed E-state index contributed by atoms with van der Waals surface area (Å²) < 4.78 is 32.6. The summed E-state index contributed by atoms with van der Waals surface area (Å²) >= 11 is 0. The standard InChI is InChI=1S/C78H72BN3O5/c1-76(2,3)55-21-30-59(31-22-55)80(62-29-20-50-40-53(17-16-51(50)41-62)70-44-52-14-10-11-15-69(52)87-70)58-27-18-49(19-28-58)54-42-67-75-68(43-54)82(61-34-25-57(26-35-61)78(7,8)9)66-48-74-72(84-37-13-39-86-74)46-64(66)79(75)63-45-71-73(85-38-12-36-83-71)47-65(63)81(67)60-32-23-56(24-33-60)77(4,5)6/h10-11,14-35,40-48H,12-13,36-39H2,1-9H3. The zero-order valence-corrected chi connectivity index (χ0v) is 51.3. The minimum Gasteiger partial charge on any atom is -0.490 e. The Morgan fingerprint density at radius 3 is 1.31 bits per heavy atom. The van der Waals surface area contributed by atoms with E-state index in [1.807, 2.05) is 12.1 Å². The highest BCUT2D eigenvalue weighted by Crippen LogP contribution is 2.51. The van der Waals surface area contributed by atoms with Crippen molar-refractivity contribution in [2.24, 2.45) is 0 Å². The number of para-hydroxylation sites is 1. The van der Waals surface area contributed by atoms with Gasteiger partial charge in [-0.05, 0) is 174 Å². The van der Waals surface area contributed by atoms with Crippen molar-refractivity contribution >= 4 is 96.0 Å². The Bertz CT molecular complexity index is 4290. The molecule has 9 heteroatoms. The molecule has 1 aromatic heterocycles. The Balaban J connectivity index is 0.925. The summed E-state index contributed by atoms with van der Waals surface area (Å²) in [7, 11) is 0. The van der Waals surface area contributed by atoms with Crippen LogP contribution in [-0.2, 0) is 16.2 Å². The molecule has 0 bridgehead atoms. The van der Waals surface area contributed by atoms with E-state index in [1.54, 1.807) is 0 Å². The van der Waals surface area contributed by atoms with Crippen molar-refractivity contribution in [1.82, 2.24) is 0 Å². The van der Waals surface area contributed by atoms with Crippen molar-refractivity contribution < 1.29 is 23.4 Å². The van der Waals surface area contributed by atoms with E-state index < -0.39 is 0 Å². The van der Waals surface area contributed by atoms with Crippen molar-refractivity contribution in [2.45, 2.75) is 91.4 Å². The lowest BCUT2D eigenvalue weighted by Crippen LogP contribution is -2.61. The van der Waals surface area contributed by atoms with E-state index in [2.05, 4.69) is 265 Å². The lowest BCUT2D eigenvalue weighted by Gasteiger charge is -2.45. The molecule has 8 nitrogen and oxygen atoms in total. The van der Waals surface area contributed by atoms with E-state index in [4.69, 9.17) is 23.4 Å². The van der Waals surface area contributed by atoms with Crippen LogP contribution in [0, 0.1) is 0 Å². The van der Waals surface area contributed by atoms with Crippen LogP contribution < -0.4 is 50.0 Å². The predicted octanol–water partition coefficient (Wildman–Crippen LogP) is 18.7. The van der Waals surface area contributed by atoms with Crippen LogP contribution in [0.3, 0.4) is 0 Å². The number of nitrogens with zero attached hydrogens (tertiary/aromatic N) is 3. The van der Waals surface area contributed by atoms with Gasteiger partial charge in [0.05, 0.1) is 26.4 Å². The van der Waals surface area contributed by atoms with Crippen molar-refractivity contribution in [3.63, 3.8) is 0 Å². The largest absolute Gasteiger partial charge is 0.490 e. The summed E-state index contributed by atoms with van der Waals surface area (Å²) in [5.41, 5.74) is 21.0. The van der Waals surface area contributed by atoms with Gasteiger partial charge in [-0.25, -0.2) is 0 Å². The Morgan fingerprint density at radius 2 is 0.805 bits per heavy atom. The number of ether oxygens (including phenoxy) is 4. The Kier molecular flexibility index (Phi) is 12.9. The van der Waals surface area contributed by atoms with Crippen LogP contribution >= 0.6 is 0 Å². The first-order valence-corrected chi connectivity index (χ1v) is 30.9. The fourth-order valence-electron chi connectivity index (χ4n) is 13.3. The quantitative estimate of drug-likeness (QED) is 0.146. The number of anilines is 9. The molecule has 0 fully saturated rings. The van der Waals surface area contributed by atoms with Gasteiger partial charge in [-0.2, -0.15) is 0 Å². The van der Waals surface area contributed by atoms with Gasteiger partial charge in [0.2, 0.25) is 0 Å². The van der Waals surface area contributed by atoms with E-state index in [1.165, 1.54) is 22.2 Å². The normalized spacial score (nSPS) is 14.5. The van der Waals surface area contributed by atoms with Crippen LogP contribution in [0.4, 0.5) is 51.2 Å². The number of furan rings is 1. The van der Waals surface area contributed by atoms with Crippen LogP contribution in [-0.4, -0.2) is 33.1 Å². The molecule has 0 saturated carbocycles. The second kappa shape index (κ2) is 20.7. The fraction of sp³-hybridized carbons (Fsp3) is 0.231. The lowest BCUT2D eigenvalue weighted by atomic mass is 9.33. The molecule has 5 heterocycles. The van der Waals surface area contributed by atoms with Gasteiger partial charge in [0, 0.05) is 87.1 Å². The van der Waals surface area contributed by atoms with Crippen LogP contribution in [0.2, 0.25) is 0 Å². The Labute approximate surface area is 511 Å². The third kappa shape index (κ3) is 9.72. The number of fused-ring (bicyclic) bond motifs is 8. The summed E-state index contributed by atoms with van der Waals surface area (Å²) in [5, 5.41) is 3.38. The number of rotatable bonds is 7. The van der Waals surface area contributed by atoms with Gasteiger partial charge in [-0.3, -0.25) is 0 Å². The fourth-order valence-corrected chi connectivity index (χ4v) is 13.3. The van der Waals surface area contributed by atoms with Gasteiger partial charge in [-0.1, -0.05) is 147 Å². The number of hydrogen-bond acceptors (Lipinski definition) is 8. The van der Waals surface area contributed by atoms with E-state index in [0.29, 0.717) is 26.4 Å². The minimum absolute atomic E-state index is 0.00270. The average molecular weight is 1140 g/mol. The maximum atomic E-state index is 6.58. The summed E-state index contributed by atoms with van der Waals surface area (Å²) in [6, 6.07) is 74.1. The van der Waals surface area contributed by atoms with Gasteiger partial charge in [0.15, 0.2) is 23.0 Å². The van der Waals surface area contributed by atoms with E-state index in [-0.39, 0.29) is 23.0 Å². The van der Waals surface area contributed by atoms with Crippen LogP contribution in [0.5, 0.6) is 23.0 Å². The molecule has 4 aliphatic heterocycles. The Morgan fingerprint density at radius 1 is 0.368 bits per heavy atom. The molecule has 87 heavy (non-hydrogen) atoms. The van der Waals surface area contributed by atoms with Crippen LogP contribution in [0.25, 0.3) is 44.2 Å². The van der Waals surface area contributed by atoms with E-state index in [0.717, 1.165) is 142 Å². The second-order valence-electron chi connectivity index (χ2n) is 27.0. The van der Waals surface area contributed by atoms with Crippen molar-refractivity contribution in [1.29, 1.82) is 0 Å². The molecule has 0 spiro atoms. The maximum absolute atomic E-state index is 6.58. The van der Waals surface area contributed by atoms with E-state index in [9.17, 15) is 0 Å². The molecule has 0 atom stereocenters. The lowest BCUT2D eigenvalue weighted by molar-refractivity contribution is 0.296. The van der Waals surface area contributed by atoms with Gasteiger partial charge < -0.3 is 38.1 Å². The molecule has 0 aliphatic carbocycles. The monoisotopic (exact) mass is 1140 g/mol. The molecule has 0 saturated heterocycles. The van der Waals surface area contributed by atoms with Crippen molar-refractivity contribution in [3.8, 4) is 45.4 Å². The first-order valence-electron chi connectivity index (χ1n) is 30.9. The smallest absolute Gasteiger partial charge is 0.252 e. The second-order valence-corrected chi connectivity index (χ2v) is 27.0. The van der Waals surface area contributed by atoms with Gasteiger partial charge in [0.25, 0.3) is 6.71 Å². The van der Waals surface area contributed by atoms with Crippen molar-refractivity contribution in [3.05, 3.63) is 217 Å². The van der Waals surface area contributed by atoms with Crippen molar-refractivity contribution in [2.75, 3.05) is 41.1 Å². The highest BCUT2D eigenvalue weighted by Gasteiger charge is 2.45. The third-order valence-electron chi connectivity index (χ3n) is 18.0. The Hall–Kier alpha value is -9.34. The van der Waals surface area contributed by atoms with Crippen LogP contribution in [0.15, 0.2) is 205 Å². The molecule has 0 N–H and O–H groups in total. The summed E-state index contributed by atoms with van der Waals surface area (Å²) in [4.78, 5) is 7.33. The first kappa shape index (κ1) is 54.3. The topological polar surface area (TPSA) is 59.8 Å². The minimum atomic E-state index is -0.210. The molecule has 432 valence electrons. The highest BCUT2D eigenvalue weighted by molar-refractivity contribution is 7.00. The predicted molar refractivity (Wildman–Crippen MR) is 361 cm³/mol. The zero-order chi connectivity index (χ0) is 59.5. The molecule has 0 radical (unpaired) electrons. The molecule has 11 aromatic rings. The van der Waals surface area contributed by atoms with Gasteiger partial charge in [0.1, 0.15) is 11.3 Å². The number of hydrogen-bond donors (Lipinski definition) is 0. The molecule has 10 aromatic carbocycles. The maximum Gasteiger partial charge on any atom is 0.252 e. The summed E-state index contributed by atoms with van der Waals surface area (Å²) in [6.07, 6.45) is 1.61. The van der Waals surface area contributed by atoms with Gasteiger partial charge >= 0.3 is 0 Å². The molecule has 0 amide bonds. The van der Waals surface area contributed by atoms with Gasteiger partial charge in [-0.15, -0.1) is 0 Å². The first-order chi connectivity index (χ1) is 42.0. The number of benzene rings is 10. The highest BCUT2D eigenvalue weighted by atomic mass is 16.5. The summed E-state index contributed by atoms with van der Waals surface area (Å²) in [5.74, 6) is 3.91. The van der Waals surface area contributed by atoms with Crippen LogP contribution in [0.1, 0.15) is 91.8 Å². The summed E-state index contributed by atoms with van der Waals surface area (Å²) in [6.45, 7) is 22.6. The molecular formula is C78H72BN3O5. The molecular weight excluding hydrogens is 1070 g/mol. The average Bonchev–Trinajstić information content (AvgIpc) is 0.859. The molecule has 4 aliphatic rings. The SMILES string of the molecule is CC(C)(C)c1ccc(N(c2ccc(-c3cc4c5c(c3)N(c3ccc(C(C)(C)C)cc3)c3cc6c(cc3B5c3cc5c(cc3N4c3ccc(C(C)(C)C)cc3)OCCCO5)OCCCO6)cc2)c2ccc3cc(-c4cc5ccccc5o4)ccc3c2)cc1. The third-order valence-corrected chi connectivity index (χ3v) is 18.0. The zero-order valence-electron chi connectivity index (χ0n) is 51.3. The van der Waals surface area contributed by atoms with E-state index >= 15 is 0 Å². The molecule has 15 rings (SSSR count). The molecule has 0 unspecified atom stereocenters.